The van der Waals surface area contributed by atoms with Crippen LogP contribution < -0.4 is 4.74 Å². The average Bonchev–Trinajstić information content (AvgIpc) is 2.38. The lowest BCUT2D eigenvalue weighted by atomic mass is 10.2. The van der Waals surface area contributed by atoms with E-state index in [0.29, 0.717) is 5.75 Å². The number of halogens is 3. The van der Waals surface area contributed by atoms with Crippen LogP contribution in [0.25, 0.3) is 0 Å². The third kappa shape index (κ3) is 2.65. The van der Waals surface area contributed by atoms with Crippen molar-refractivity contribution in [3.63, 3.8) is 0 Å². The lowest BCUT2D eigenvalue weighted by Gasteiger charge is -2.09. The summed E-state index contributed by atoms with van der Waals surface area (Å²) in [4.78, 5) is 0. The Balaban J connectivity index is 2.40. The summed E-state index contributed by atoms with van der Waals surface area (Å²) in [6.45, 7) is 0. The van der Waals surface area contributed by atoms with E-state index in [4.69, 9.17) is 10.00 Å². The topological polar surface area (TPSA) is 33.0 Å². The van der Waals surface area contributed by atoms with Crippen molar-refractivity contribution in [3.05, 3.63) is 55.8 Å². The van der Waals surface area contributed by atoms with E-state index in [9.17, 15) is 4.39 Å². The number of ether oxygens (including phenoxy) is 1. The number of rotatable bonds is 2. The highest BCUT2D eigenvalue weighted by Crippen LogP contribution is 2.33. The van der Waals surface area contributed by atoms with Gasteiger partial charge in [-0.25, -0.2) is 4.39 Å². The maximum Gasteiger partial charge on any atom is 0.181 e. The molecule has 0 atom stereocenters. The predicted octanol–water partition coefficient (Wildman–Crippen LogP) is 4.86. The summed E-state index contributed by atoms with van der Waals surface area (Å²) in [7, 11) is 0. The quantitative estimate of drug-likeness (QED) is 0.654. The Morgan fingerprint density at radius 3 is 2.56 bits per heavy atom. The highest BCUT2D eigenvalue weighted by Gasteiger charge is 2.13. The number of nitrogens with zero attached hydrogens (tertiary/aromatic N) is 1. The molecule has 2 aromatic rings. The number of benzene rings is 2. The summed E-state index contributed by atoms with van der Waals surface area (Å²) < 4.78 is 20.4. The van der Waals surface area contributed by atoms with Crippen molar-refractivity contribution in [1.29, 1.82) is 5.26 Å². The molecular weight excluding hydrogens is 412 g/mol. The van der Waals surface area contributed by atoms with Gasteiger partial charge in [0.05, 0.1) is 13.6 Å². The van der Waals surface area contributed by atoms with E-state index in [0.717, 1.165) is 3.57 Å². The molecule has 0 aliphatic carbocycles. The largest absolute Gasteiger partial charge is 0.453 e. The number of para-hydroxylation sites is 1. The van der Waals surface area contributed by atoms with Crippen LogP contribution in [-0.4, -0.2) is 0 Å². The molecule has 0 aromatic heterocycles. The highest BCUT2D eigenvalue weighted by atomic mass is 127. The molecule has 0 amide bonds. The lowest BCUT2D eigenvalue weighted by molar-refractivity contribution is 0.437. The van der Waals surface area contributed by atoms with Gasteiger partial charge in [-0.05, 0) is 62.8 Å². The molecule has 0 radical (unpaired) electrons. The van der Waals surface area contributed by atoms with Crippen LogP contribution in [0, 0.1) is 20.7 Å². The van der Waals surface area contributed by atoms with Crippen molar-refractivity contribution >= 4 is 38.5 Å². The molecule has 2 aromatic carbocycles. The molecule has 0 unspecified atom stereocenters. The first-order chi connectivity index (χ1) is 8.63. The zero-order chi connectivity index (χ0) is 13.1. The van der Waals surface area contributed by atoms with Crippen LogP contribution in [0.15, 0.2) is 40.9 Å². The highest BCUT2D eigenvalue weighted by molar-refractivity contribution is 14.1. The van der Waals surface area contributed by atoms with E-state index in [2.05, 4.69) is 38.5 Å². The molecule has 0 saturated heterocycles. The first-order valence-electron chi connectivity index (χ1n) is 4.94. The monoisotopic (exact) mass is 417 g/mol. The van der Waals surface area contributed by atoms with Gasteiger partial charge in [0.25, 0.3) is 0 Å². The zero-order valence-corrected chi connectivity index (χ0v) is 12.7. The second kappa shape index (κ2) is 5.67. The Morgan fingerprint density at radius 1 is 1.17 bits per heavy atom. The van der Waals surface area contributed by atoms with Gasteiger partial charge in [-0.1, -0.05) is 12.1 Å². The molecule has 2 rings (SSSR count). The molecule has 5 heteroatoms. The van der Waals surface area contributed by atoms with Crippen LogP contribution in [0.5, 0.6) is 11.5 Å². The lowest BCUT2D eigenvalue weighted by Crippen LogP contribution is -1.93. The van der Waals surface area contributed by atoms with Gasteiger partial charge in [0.2, 0.25) is 0 Å². The van der Waals surface area contributed by atoms with Crippen molar-refractivity contribution in [2.75, 3.05) is 0 Å². The molecule has 0 fully saturated rings. The molecule has 0 bridgehead atoms. The van der Waals surface area contributed by atoms with E-state index in [1.807, 2.05) is 24.3 Å². The smallest absolute Gasteiger partial charge is 0.181 e. The van der Waals surface area contributed by atoms with Gasteiger partial charge in [-0.3, -0.25) is 0 Å². The van der Waals surface area contributed by atoms with E-state index < -0.39 is 5.82 Å². The molecule has 90 valence electrons. The molecule has 0 heterocycles. The molecule has 0 saturated carbocycles. The predicted molar refractivity (Wildman–Crippen MR) is 78.0 cm³/mol. The maximum absolute atomic E-state index is 13.9. The van der Waals surface area contributed by atoms with Gasteiger partial charge in [-0.2, -0.15) is 5.26 Å². The van der Waals surface area contributed by atoms with Gasteiger partial charge in [0, 0.05) is 0 Å². The van der Waals surface area contributed by atoms with Gasteiger partial charge < -0.3 is 4.74 Å². The molecule has 2 nitrogen and oxygen atoms in total. The van der Waals surface area contributed by atoms with Gasteiger partial charge >= 0.3 is 0 Å². The molecular formula is C13H6BrFINO. The minimum atomic E-state index is -0.575. The van der Waals surface area contributed by atoms with Crippen LogP contribution in [-0.2, 0) is 0 Å². The summed E-state index contributed by atoms with van der Waals surface area (Å²) in [6, 6.07) is 12.2. The fourth-order valence-corrected chi connectivity index (χ4v) is 2.26. The molecule has 0 aliphatic heterocycles. The van der Waals surface area contributed by atoms with Gasteiger partial charge in [0.1, 0.15) is 11.8 Å². The Labute approximate surface area is 126 Å². The molecule has 0 aliphatic rings. The van der Waals surface area contributed by atoms with Gasteiger partial charge in [-0.15, -0.1) is 0 Å². The normalized spacial score (nSPS) is 9.89. The first-order valence-corrected chi connectivity index (χ1v) is 6.81. The van der Waals surface area contributed by atoms with E-state index in [-0.39, 0.29) is 15.8 Å². The van der Waals surface area contributed by atoms with E-state index >= 15 is 0 Å². The Bertz CT molecular complexity index is 639. The fourth-order valence-electron chi connectivity index (χ4n) is 1.34. The number of hydrogen-bond acceptors (Lipinski definition) is 2. The Hall–Kier alpha value is -1.13. The van der Waals surface area contributed by atoms with Crippen molar-refractivity contribution < 1.29 is 9.13 Å². The van der Waals surface area contributed by atoms with Crippen molar-refractivity contribution in [2.45, 2.75) is 0 Å². The average molecular weight is 418 g/mol. The molecule has 0 N–H and O–H groups in total. The summed E-state index contributed by atoms with van der Waals surface area (Å²) >= 11 is 5.15. The standard InChI is InChI=1S/C13H6BrFINO/c14-12-8(7-17)5-6-11(13(12)15)18-10-4-2-1-3-9(10)16/h1-6H. The summed E-state index contributed by atoms with van der Waals surface area (Å²) in [5, 5.41) is 8.78. The second-order valence-corrected chi connectivity index (χ2v) is 5.34. The molecule has 18 heavy (non-hydrogen) atoms. The summed E-state index contributed by atoms with van der Waals surface area (Å²) in [6.07, 6.45) is 0. The van der Waals surface area contributed by atoms with Gasteiger partial charge in [0.15, 0.2) is 11.6 Å². The summed E-state index contributed by atoms with van der Waals surface area (Å²) in [5.74, 6) is 0.0901. The third-order valence-corrected chi connectivity index (χ3v) is 3.89. The number of hydrogen-bond donors (Lipinski definition) is 0. The van der Waals surface area contributed by atoms with E-state index in [1.165, 1.54) is 12.1 Å². The Morgan fingerprint density at radius 2 is 1.89 bits per heavy atom. The minimum absolute atomic E-state index is 0.0880. The fraction of sp³-hybridized carbons (Fsp3) is 0. The maximum atomic E-state index is 13.9. The van der Waals surface area contributed by atoms with Crippen molar-refractivity contribution in [1.82, 2.24) is 0 Å². The first kappa shape index (κ1) is 13.3. The zero-order valence-electron chi connectivity index (χ0n) is 8.95. The Kier molecular flexibility index (Phi) is 4.19. The van der Waals surface area contributed by atoms with Crippen LogP contribution >= 0.6 is 38.5 Å². The number of nitriles is 1. The van der Waals surface area contributed by atoms with Crippen LogP contribution in [0.2, 0.25) is 0 Å². The molecule has 0 spiro atoms. The summed E-state index contributed by atoms with van der Waals surface area (Å²) in [5.41, 5.74) is 0.239. The van der Waals surface area contributed by atoms with Crippen LogP contribution in [0.1, 0.15) is 5.56 Å². The van der Waals surface area contributed by atoms with E-state index in [1.54, 1.807) is 6.07 Å². The minimum Gasteiger partial charge on any atom is -0.453 e. The second-order valence-electron chi connectivity index (χ2n) is 3.38. The van der Waals surface area contributed by atoms with Crippen molar-refractivity contribution in [3.8, 4) is 17.6 Å². The van der Waals surface area contributed by atoms with Crippen LogP contribution in [0.4, 0.5) is 4.39 Å². The SMILES string of the molecule is N#Cc1ccc(Oc2ccccc2I)c(F)c1Br. The van der Waals surface area contributed by atoms with Crippen LogP contribution in [0.3, 0.4) is 0 Å². The third-order valence-electron chi connectivity index (χ3n) is 2.22. The van der Waals surface area contributed by atoms with Crippen molar-refractivity contribution in [2.24, 2.45) is 0 Å².